The van der Waals surface area contributed by atoms with Gasteiger partial charge in [0, 0.05) is 7.05 Å². The average molecular weight is 567 g/mol. The summed E-state index contributed by atoms with van der Waals surface area (Å²) in [6.07, 6.45) is -2.05. The first-order valence-corrected chi connectivity index (χ1v) is 13.8. The number of hydrogen-bond donors (Lipinski definition) is 3. The minimum Gasteiger partial charge on any atom is -0.462 e. The van der Waals surface area contributed by atoms with E-state index in [1.54, 1.807) is 51.2 Å². The maximum Gasteiger partial charge on any atom is 0.459 e. The Morgan fingerprint density at radius 2 is 1.97 bits per heavy atom. The lowest BCUT2D eigenvalue weighted by Crippen LogP contribution is -2.41. The number of carbonyl (C=O) groups excluding carboxylic acids is 1. The van der Waals surface area contributed by atoms with Crippen molar-refractivity contribution < 1.29 is 37.4 Å². The van der Waals surface area contributed by atoms with Crippen molar-refractivity contribution in [1.29, 1.82) is 0 Å². The quantitative estimate of drug-likeness (QED) is 0.230. The molecule has 1 unspecified atom stereocenters. The molecule has 212 valence electrons. The summed E-state index contributed by atoms with van der Waals surface area (Å²) in [7, 11) is -2.59. The highest BCUT2D eigenvalue weighted by atomic mass is 31.2. The number of aromatic nitrogens is 4. The average Bonchev–Trinajstić information content (AvgIpc) is 3.41. The van der Waals surface area contributed by atoms with Crippen molar-refractivity contribution in [2.75, 3.05) is 19.0 Å². The third kappa shape index (κ3) is 6.20. The van der Waals surface area contributed by atoms with Crippen LogP contribution in [-0.2, 0) is 23.4 Å². The Morgan fingerprint density at radius 3 is 2.64 bits per heavy atom. The predicted molar refractivity (Wildman–Crippen MR) is 139 cm³/mol. The molecule has 0 saturated carbocycles. The molecular weight excluding hydrogens is 534 g/mol. The third-order valence-electron chi connectivity index (χ3n) is 6.00. The Labute approximate surface area is 224 Å². The number of benzene rings is 1. The number of halogens is 1. The number of nitrogens with one attached hydrogen (secondary N) is 2. The Morgan fingerprint density at radius 1 is 1.26 bits per heavy atom. The van der Waals surface area contributed by atoms with E-state index in [0.717, 1.165) is 0 Å². The lowest BCUT2D eigenvalue weighted by atomic mass is 9.98. The molecule has 1 saturated heterocycles. The second-order valence-electron chi connectivity index (χ2n) is 9.45. The summed E-state index contributed by atoms with van der Waals surface area (Å²) in [5.74, 6) is -0.0364. The lowest BCUT2D eigenvalue weighted by molar-refractivity contribution is -0.149. The van der Waals surface area contributed by atoms with E-state index in [0.29, 0.717) is 11.3 Å². The maximum absolute atomic E-state index is 15.9. The highest BCUT2D eigenvalue weighted by Gasteiger charge is 2.56. The zero-order valence-corrected chi connectivity index (χ0v) is 23.0. The largest absolute Gasteiger partial charge is 0.462 e. The van der Waals surface area contributed by atoms with Gasteiger partial charge in [0.25, 0.3) is 0 Å². The monoisotopic (exact) mass is 566 g/mol. The first-order chi connectivity index (χ1) is 18.4. The predicted octanol–water partition coefficient (Wildman–Crippen LogP) is 2.99. The number of ether oxygens (including phenoxy) is 2. The molecule has 1 aliphatic rings. The minimum atomic E-state index is -4.26. The molecule has 3 N–H and O–H groups in total. The van der Waals surface area contributed by atoms with Crippen molar-refractivity contribution in [3.63, 3.8) is 0 Å². The van der Waals surface area contributed by atoms with Crippen molar-refractivity contribution >= 4 is 30.7 Å². The molecule has 4 rings (SSSR count). The highest BCUT2D eigenvalue weighted by Crippen LogP contribution is 2.48. The number of hydrogen-bond acceptors (Lipinski definition) is 11. The second kappa shape index (κ2) is 11.5. The molecule has 0 spiro atoms. The van der Waals surface area contributed by atoms with Gasteiger partial charge in [-0.1, -0.05) is 18.2 Å². The summed E-state index contributed by atoms with van der Waals surface area (Å²) < 4.78 is 53.2. The SMILES string of the molecule is CNc1ncnc2c1ncn2[C@@H]1O[C@H](CO[P@@](=O)(NC(C)C(=O)OC(C)C)Oc2ccccc2)[C@@H](O)[C@@]1(C)F. The molecule has 0 bridgehead atoms. The molecule has 3 aromatic rings. The van der Waals surface area contributed by atoms with Gasteiger partial charge in [0.15, 0.2) is 23.4 Å². The van der Waals surface area contributed by atoms with Crippen LogP contribution in [0.3, 0.4) is 0 Å². The maximum atomic E-state index is 15.9. The van der Waals surface area contributed by atoms with Gasteiger partial charge in [-0.25, -0.2) is 23.9 Å². The fourth-order valence-electron chi connectivity index (χ4n) is 4.06. The second-order valence-corrected chi connectivity index (χ2v) is 11.1. The number of anilines is 1. The summed E-state index contributed by atoms with van der Waals surface area (Å²) in [6.45, 7) is 5.44. The molecular formula is C24H32FN6O7P. The van der Waals surface area contributed by atoms with Crippen LogP contribution in [0, 0.1) is 0 Å². The van der Waals surface area contributed by atoms with Crippen molar-refractivity contribution in [1.82, 2.24) is 24.6 Å². The van der Waals surface area contributed by atoms with Crippen LogP contribution in [0.5, 0.6) is 5.75 Å². The molecule has 3 heterocycles. The van der Waals surface area contributed by atoms with Crippen LogP contribution in [0.15, 0.2) is 43.0 Å². The number of imidazole rings is 1. The molecule has 1 fully saturated rings. The lowest BCUT2D eigenvalue weighted by Gasteiger charge is -2.25. The van der Waals surface area contributed by atoms with Gasteiger partial charge in [-0.2, -0.15) is 5.09 Å². The van der Waals surface area contributed by atoms with Crippen LogP contribution in [0.25, 0.3) is 11.2 Å². The van der Waals surface area contributed by atoms with Crippen molar-refractivity contribution in [3.05, 3.63) is 43.0 Å². The normalized spacial score (nSPS) is 25.4. The summed E-state index contributed by atoms with van der Waals surface area (Å²) >= 11 is 0. The summed E-state index contributed by atoms with van der Waals surface area (Å²) in [5, 5.41) is 16.3. The number of para-hydroxylation sites is 1. The van der Waals surface area contributed by atoms with E-state index in [1.165, 1.54) is 31.1 Å². The number of carbonyl (C=O) groups is 1. The molecule has 0 radical (unpaired) electrons. The van der Waals surface area contributed by atoms with E-state index in [9.17, 15) is 14.5 Å². The number of aliphatic hydroxyl groups is 1. The smallest absolute Gasteiger partial charge is 0.459 e. The van der Waals surface area contributed by atoms with Gasteiger partial charge in [0.2, 0.25) is 0 Å². The Hall–Kier alpha value is -3.16. The van der Waals surface area contributed by atoms with Gasteiger partial charge in [0.05, 0.1) is 19.0 Å². The van der Waals surface area contributed by atoms with Gasteiger partial charge < -0.3 is 24.4 Å². The topological polar surface area (TPSA) is 159 Å². The van der Waals surface area contributed by atoms with Gasteiger partial charge in [0.1, 0.15) is 35.8 Å². The van der Waals surface area contributed by atoms with E-state index in [4.69, 9.17) is 18.5 Å². The van der Waals surface area contributed by atoms with E-state index in [1.807, 2.05) is 0 Å². The van der Waals surface area contributed by atoms with E-state index in [2.05, 4.69) is 25.4 Å². The molecule has 39 heavy (non-hydrogen) atoms. The number of aliphatic hydroxyl groups excluding tert-OH is 1. The fraction of sp³-hybridized carbons (Fsp3) is 0.500. The molecule has 0 amide bonds. The van der Waals surface area contributed by atoms with Crippen molar-refractivity contribution in [2.45, 2.75) is 63.9 Å². The van der Waals surface area contributed by atoms with E-state index >= 15 is 4.39 Å². The molecule has 1 aliphatic heterocycles. The van der Waals surface area contributed by atoms with Crippen LogP contribution >= 0.6 is 7.75 Å². The fourth-order valence-corrected chi connectivity index (χ4v) is 5.57. The molecule has 2 aromatic heterocycles. The Kier molecular flexibility index (Phi) is 8.52. The highest BCUT2D eigenvalue weighted by molar-refractivity contribution is 7.52. The van der Waals surface area contributed by atoms with Gasteiger partial charge in [-0.05, 0) is 39.8 Å². The summed E-state index contributed by atoms with van der Waals surface area (Å²) in [5.41, 5.74) is -1.63. The zero-order valence-electron chi connectivity index (χ0n) is 22.1. The number of fused-ring (bicyclic) bond motifs is 1. The first kappa shape index (κ1) is 28.8. The standard InChI is InChI=1S/C24H32FN6O7P/c1-14(2)36-22(33)15(3)30-39(34,38-16-9-7-6-8-10-16)35-11-17-19(32)24(4,25)23(37-17)31-13-29-18-20(26-5)27-12-28-21(18)31/h6-10,12-15,17,19,23,32H,11H2,1-5H3,(H,30,34)(H,26,27,28)/t15?,17-,19-,23-,24-,39+/m1/s1. The van der Waals surface area contributed by atoms with Gasteiger partial charge >= 0.3 is 13.7 Å². The van der Waals surface area contributed by atoms with Crippen LogP contribution in [0.2, 0.25) is 0 Å². The number of rotatable bonds is 11. The molecule has 13 nitrogen and oxygen atoms in total. The molecule has 1 aromatic carbocycles. The van der Waals surface area contributed by atoms with Gasteiger partial charge in [-0.15, -0.1) is 0 Å². The van der Waals surface area contributed by atoms with E-state index in [-0.39, 0.29) is 11.4 Å². The van der Waals surface area contributed by atoms with Crippen LogP contribution < -0.4 is 14.9 Å². The Balaban J connectivity index is 1.54. The minimum absolute atomic E-state index is 0.198. The van der Waals surface area contributed by atoms with Crippen LogP contribution in [0.1, 0.15) is 33.9 Å². The number of esters is 1. The van der Waals surface area contributed by atoms with Gasteiger partial charge in [-0.3, -0.25) is 13.9 Å². The third-order valence-corrected chi connectivity index (χ3v) is 7.64. The summed E-state index contributed by atoms with van der Waals surface area (Å²) in [4.78, 5) is 24.9. The molecule has 0 aliphatic carbocycles. The van der Waals surface area contributed by atoms with E-state index < -0.39 is 56.6 Å². The molecule has 15 heteroatoms. The van der Waals surface area contributed by atoms with Crippen LogP contribution in [-0.4, -0.2) is 74.3 Å². The summed E-state index contributed by atoms with van der Waals surface area (Å²) in [6, 6.07) is 7.10. The van der Waals surface area contributed by atoms with Crippen LogP contribution in [0.4, 0.5) is 10.2 Å². The van der Waals surface area contributed by atoms with Crippen molar-refractivity contribution in [2.24, 2.45) is 0 Å². The number of alkyl halides is 1. The van der Waals surface area contributed by atoms with Crippen molar-refractivity contribution in [3.8, 4) is 5.75 Å². The zero-order chi connectivity index (χ0) is 28.4. The Bertz CT molecular complexity index is 1340. The first-order valence-electron chi connectivity index (χ1n) is 12.3. The number of nitrogens with zero attached hydrogens (tertiary/aromatic N) is 4. The molecule has 6 atom stereocenters.